The largest absolute Gasteiger partial charge is 0.497 e. The quantitative estimate of drug-likeness (QED) is 0.347. The minimum absolute atomic E-state index is 0.391. The number of ether oxygens (including phenoxy) is 3. The van der Waals surface area contributed by atoms with E-state index in [0.717, 1.165) is 11.3 Å². The number of carboxylic acids is 1. The van der Waals surface area contributed by atoms with Crippen LogP contribution in [0.3, 0.4) is 0 Å². The van der Waals surface area contributed by atoms with Crippen LogP contribution in [-0.4, -0.2) is 37.6 Å². The van der Waals surface area contributed by atoms with Gasteiger partial charge in [0.25, 0.3) is 0 Å². The lowest BCUT2D eigenvalue weighted by Gasteiger charge is -2.01. The molecule has 0 amide bonds. The fraction of sp³-hybridized carbons (Fsp3) is 0.231. The first-order valence-electron chi connectivity index (χ1n) is 5.40. The molecule has 0 aliphatic carbocycles. The molecule has 0 aromatic heterocycles. The van der Waals surface area contributed by atoms with Gasteiger partial charge in [-0.2, -0.15) is 0 Å². The molecule has 1 aromatic rings. The van der Waals surface area contributed by atoms with Crippen molar-refractivity contribution in [3.8, 4) is 5.75 Å². The summed E-state index contributed by atoms with van der Waals surface area (Å²) >= 11 is 0. The number of carbonyl (C=O) groups excluding carboxylic acids is 1. The molecule has 0 fully saturated rings. The molecule has 0 atom stereocenters. The molecule has 0 saturated heterocycles. The van der Waals surface area contributed by atoms with Crippen LogP contribution in [-0.2, 0) is 19.1 Å². The van der Waals surface area contributed by atoms with Gasteiger partial charge in [0.15, 0.2) is 6.79 Å². The molecule has 1 rings (SSSR count). The third-order valence-corrected chi connectivity index (χ3v) is 2.04. The van der Waals surface area contributed by atoms with E-state index in [0.29, 0.717) is 0 Å². The van der Waals surface area contributed by atoms with Crippen molar-refractivity contribution in [2.45, 2.75) is 0 Å². The third kappa shape index (κ3) is 6.23. The Morgan fingerprint density at radius 2 is 1.95 bits per heavy atom. The Balaban J connectivity index is 2.34. The summed E-state index contributed by atoms with van der Waals surface area (Å²) in [4.78, 5) is 21.3. The molecule has 0 radical (unpaired) electrons. The van der Waals surface area contributed by atoms with E-state index in [2.05, 4.69) is 9.47 Å². The second kappa shape index (κ2) is 7.88. The number of rotatable bonds is 7. The Morgan fingerprint density at radius 1 is 1.26 bits per heavy atom. The average Bonchev–Trinajstić information content (AvgIpc) is 2.41. The van der Waals surface area contributed by atoms with E-state index in [4.69, 9.17) is 9.84 Å². The first-order chi connectivity index (χ1) is 9.11. The highest BCUT2D eigenvalue weighted by Crippen LogP contribution is 2.12. The highest BCUT2D eigenvalue weighted by molar-refractivity contribution is 5.87. The number of hydrogen-bond donors (Lipinski definition) is 1. The Labute approximate surface area is 110 Å². The number of esters is 1. The topological polar surface area (TPSA) is 82.1 Å². The number of hydrogen-bond acceptors (Lipinski definition) is 5. The Hall–Kier alpha value is -2.34. The molecule has 19 heavy (non-hydrogen) atoms. The molecule has 0 aliphatic rings. The van der Waals surface area contributed by atoms with Gasteiger partial charge < -0.3 is 19.3 Å². The molecule has 0 unspecified atom stereocenters. The Kier molecular flexibility index (Phi) is 6.11. The summed E-state index contributed by atoms with van der Waals surface area (Å²) in [6.07, 6.45) is 2.80. The van der Waals surface area contributed by atoms with Crippen LogP contribution in [0.25, 0.3) is 6.08 Å². The molecule has 102 valence electrons. The van der Waals surface area contributed by atoms with Crippen molar-refractivity contribution in [2.24, 2.45) is 0 Å². The van der Waals surface area contributed by atoms with Crippen molar-refractivity contribution in [2.75, 3.05) is 20.5 Å². The maximum atomic E-state index is 11.2. The second-order valence-corrected chi connectivity index (χ2v) is 3.43. The second-order valence-electron chi connectivity index (χ2n) is 3.43. The fourth-order valence-electron chi connectivity index (χ4n) is 1.16. The Bertz CT molecular complexity index is 449. The lowest BCUT2D eigenvalue weighted by molar-refractivity contribution is -0.158. The zero-order valence-electron chi connectivity index (χ0n) is 10.4. The van der Waals surface area contributed by atoms with Gasteiger partial charge in [-0.1, -0.05) is 12.1 Å². The van der Waals surface area contributed by atoms with Crippen LogP contribution in [0.4, 0.5) is 0 Å². The van der Waals surface area contributed by atoms with E-state index >= 15 is 0 Å². The zero-order valence-corrected chi connectivity index (χ0v) is 10.4. The number of aliphatic carboxylic acids is 1. The molecule has 6 nitrogen and oxygen atoms in total. The van der Waals surface area contributed by atoms with Crippen LogP contribution in [0.5, 0.6) is 5.75 Å². The number of carbonyl (C=O) groups is 2. The molecular formula is C13H14O6. The smallest absolute Gasteiger partial charge is 0.332 e. The molecule has 0 aliphatic heterocycles. The van der Waals surface area contributed by atoms with Gasteiger partial charge in [-0.3, -0.25) is 0 Å². The van der Waals surface area contributed by atoms with E-state index < -0.39 is 25.3 Å². The van der Waals surface area contributed by atoms with Crippen LogP contribution in [0.1, 0.15) is 5.56 Å². The van der Waals surface area contributed by atoms with E-state index in [1.54, 1.807) is 37.5 Å². The third-order valence-electron chi connectivity index (χ3n) is 2.04. The normalized spacial score (nSPS) is 10.4. The lowest BCUT2D eigenvalue weighted by atomic mass is 10.2. The van der Waals surface area contributed by atoms with Gasteiger partial charge in [-0.25, -0.2) is 9.59 Å². The van der Waals surface area contributed by atoms with E-state index in [-0.39, 0.29) is 0 Å². The number of methoxy groups -OCH3 is 1. The van der Waals surface area contributed by atoms with Gasteiger partial charge in [0.2, 0.25) is 0 Å². The maximum absolute atomic E-state index is 11.2. The minimum atomic E-state index is -1.12. The van der Waals surface area contributed by atoms with Crippen LogP contribution in [0.15, 0.2) is 30.3 Å². The molecule has 1 aromatic carbocycles. The van der Waals surface area contributed by atoms with Crippen molar-refractivity contribution >= 4 is 18.0 Å². The van der Waals surface area contributed by atoms with Gasteiger partial charge in [-0.15, -0.1) is 0 Å². The molecule has 6 heteroatoms. The summed E-state index contributed by atoms with van der Waals surface area (Å²) in [6.45, 7) is -0.895. The van der Waals surface area contributed by atoms with Crippen molar-refractivity contribution in [3.05, 3.63) is 35.9 Å². The average molecular weight is 266 g/mol. The molecule has 0 bridgehead atoms. The summed E-state index contributed by atoms with van der Waals surface area (Å²) in [5, 5.41) is 8.28. The number of carboxylic acid groups (broad SMARTS) is 1. The maximum Gasteiger partial charge on any atom is 0.332 e. The summed E-state index contributed by atoms with van der Waals surface area (Å²) in [5.74, 6) is -1.01. The van der Waals surface area contributed by atoms with Crippen molar-refractivity contribution in [1.29, 1.82) is 0 Å². The summed E-state index contributed by atoms with van der Waals surface area (Å²) in [6, 6.07) is 7.09. The SMILES string of the molecule is COc1ccc(C=CC(=O)OCOCC(=O)O)cc1. The first-order valence-corrected chi connectivity index (χ1v) is 5.40. The van der Waals surface area contributed by atoms with Gasteiger partial charge >= 0.3 is 11.9 Å². The first kappa shape index (κ1) is 14.7. The standard InChI is InChI=1S/C13H14O6/c1-17-11-5-2-10(3-6-11)4-7-13(16)19-9-18-8-12(14)15/h2-7H,8-9H2,1H3,(H,14,15). The van der Waals surface area contributed by atoms with Gasteiger partial charge in [0, 0.05) is 6.08 Å². The highest BCUT2D eigenvalue weighted by atomic mass is 16.7. The van der Waals surface area contributed by atoms with Crippen molar-refractivity contribution in [1.82, 2.24) is 0 Å². The van der Waals surface area contributed by atoms with E-state index in [1.807, 2.05) is 0 Å². The Morgan fingerprint density at radius 3 is 2.53 bits per heavy atom. The molecule has 0 spiro atoms. The van der Waals surface area contributed by atoms with Crippen LogP contribution < -0.4 is 4.74 Å². The fourth-order valence-corrected chi connectivity index (χ4v) is 1.16. The van der Waals surface area contributed by atoms with E-state index in [9.17, 15) is 9.59 Å². The summed E-state index contributed by atoms with van der Waals surface area (Å²) in [7, 11) is 1.57. The van der Waals surface area contributed by atoms with Gasteiger partial charge in [0.05, 0.1) is 7.11 Å². The monoisotopic (exact) mass is 266 g/mol. The lowest BCUT2D eigenvalue weighted by Crippen LogP contribution is -2.11. The highest BCUT2D eigenvalue weighted by Gasteiger charge is 1.99. The minimum Gasteiger partial charge on any atom is -0.497 e. The molecule has 1 N–H and O–H groups in total. The van der Waals surface area contributed by atoms with Gasteiger partial charge in [-0.05, 0) is 23.8 Å². The van der Waals surface area contributed by atoms with Crippen LogP contribution in [0, 0.1) is 0 Å². The summed E-state index contributed by atoms with van der Waals surface area (Å²) in [5.41, 5.74) is 0.809. The van der Waals surface area contributed by atoms with E-state index in [1.165, 1.54) is 6.08 Å². The van der Waals surface area contributed by atoms with Crippen LogP contribution in [0.2, 0.25) is 0 Å². The van der Waals surface area contributed by atoms with Crippen LogP contribution >= 0.6 is 0 Å². The number of benzene rings is 1. The van der Waals surface area contributed by atoms with Crippen molar-refractivity contribution in [3.63, 3.8) is 0 Å². The predicted molar refractivity (Wildman–Crippen MR) is 66.6 cm³/mol. The molecule has 0 heterocycles. The zero-order chi connectivity index (χ0) is 14.1. The molecule has 0 saturated carbocycles. The molecular weight excluding hydrogens is 252 g/mol. The van der Waals surface area contributed by atoms with Gasteiger partial charge in [0.1, 0.15) is 12.4 Å². The van der Waals surface area contributed by atoms with Crippen molar-refractivity contribution < 1.29 is 28.9 Å². The predicted octanol–water partition coefficient (Wildman–Crippen LogP) is 1.31. The summed E-state index contributed by atoms with van der Waals surface area (Å²) < 4.78 is 14.2.